The number of aromatic nitrogens is 1. The first-order valence-electron chi connectivity index (χ1n) is 5.85. The van der Waals surface area contributed by atoms with E-state index in [4.69, 9.17) is 17.3 Å². The molecule has 1 aromatic carbocycles. The molecule has 5 nitrogen and oxygen atoms in total. The molecule has 0 aliphatic carbocycles. The van der Waals surface area contributed by atoms with Gasteiger partial charge in [0.2, 0.25) is 5.91 Å². The number of hydrogen-bond donors (Lipinski definition) is 2. The van der Waals surface area contributed by atoms with Crippen molar-refractivity contribution in [1.82, 2.24) is 4.98 Å². The summed E-state index contributed by atoms with van der Waals surface area (Å²) in [5, 5.41) is 3.14. The molecule has 3 N–H and O–H groups in total. The molecule has 0 saturated carbocycles. The molecule has 6 heteroatoms. The van der Waals surface area contributed by atoms with Crippen molar-refractivity contribution >= 4 is 29.1 Å². The molecule has 1 aromatic heterocycles. The van der Waals surface area contributed by atoms with Crippen molar-refractivity contribution in [2.45, 2.75) is 6.42 Å². The molecule has 20 heavy (non-hydrogen) atoms. The van der Waals surface area contributed by atoms with Crippen LogP contribution < -0.4 is 11.1 Å². The maximum absolute atomic E-state index is 11.9. The summed E-state index contributed by atoms with van der Waals surface area (Å²) in [4.78, 5) is 26.6. The Hall–Kier alpha value is -2.40. The van der Waals surface area contributed by atoms with Gasteiger partial charge in [-0.25, -0.2) is 0 Å². The minimum atomic E-state index is -0.398. The molecule has 2 aromatic rings. The average molecular weight is 290 g/mol. The number of nitrogens with one attached hydrogen (secondary N) is 1. The van der Waals surface area contributed by atoms with Crippen LogP contribution in [0.15, 0.2) is 42.6 Å². The summed E-state index contributed by atoms with van der Waals surface area (Å²) in [6, 6.07) is 9.92. The number of carbonyl (C=O) groups is 2. The number of rotatable bonds is 4. The third-order valence-corrected chi connectivity index (χ3v) is 2.78. The molecule has 0 spiro atoms. The minimum Gasteiger partial charge on any atom is -0.369 e. The number of pyridine rings is 1. The Kier molecular flexibility index (Phi) is 4.32. The molecule has 2 rings (SSSR count). The fraction of sp³-hybridized carbons (Fsp3) is 0.0714. The van der Waals surface area contributed by atoms with Crippen LogP contribution in [0.25, 0.3) is 0 Å². The number of halogens is 1. The number of nitrogens with two attached hydrogens (primary N) is 1. The van der Waals surface area contributed by atoms with E-state index in [1.807, 2.05) is 0 Å². The van der Waals surface area contributed by atoms with Gasteiger partial charge in [0.05, 0.1) is 6.42 Å². The van der Waals surface area contributed by atoms with Crippen LogP contribution in [0, 0.1) is 0 Å². The van der Waals surface area contributed by atoms with Crippen LogP contribution >= 0.6 is 11.6 Å². The predicted octanol–water partition coefficient (Wildman–Crippen LogP) is 2.02. The highest BCUT2D eigenvalue weighted by Gasteiger charge is 2.08. The highest BCUT2D eigenvalue weighted by molar-refractivity contribution is 6.30. The van der Waals surface area contributed by atoms with Crippen LogP contribution in [0.2, 0.25) is 5.02 Å². The molecule has 0 fully saturated rings. The van der Waals surface area contributed by atoms with Gasteiger partial charge < -0.3 is 11.1 Å². The van der Waals surface area contributed by atoms with E-state index in [1.54, 1.807) is 30.3 Å². The van der Waals surface area contributed by atoms with Crippen LogP contribution in [0.4, 0.5) is 5.69 Å². The Balaban J connectivity index is 2.06. The minimum absolute atomic E-state index is 0.171. The van der Waals surface area contributed by atoms with Crippen molar-refractivity contribution in [1.29, 1.82) is 0 Å². The van der Waals surface area contributed by atoms with Gasteiger partial charge in [-0.3, -0.25) is 14.6 Å². The van der Waals surface area contributed by atoms with Crippen molar-refractivity contribution in [3.05, 3.63) is 58.9 Å². The lowest BCUT2D eigenvalue weighted by Gasteiger charge is -2.05. The van der Waals surface area contributed by atoms with Crippen LogP contribution in [0.3, 0.4) is 0 Å². The van der Waals surface area contributed by atoms with Gasteiger partial charge >= 0.3 is 0 Å². The van der Waals surface area contributed by atoms with Crippen LogP contribution in [0.5, 0.6) is 0 Å². The van der Waals surface area contributed by atoms with Gasteiger partial charge in [-0.2, -0.15) is 0 Å². The second-order valence-electron chi connectivity index (χ2n) is 4.15. The Morgan fingerprint density at radius 3 is 2.50 bits per heavy atom. The number of hydrogen-bond acceptors (Lipinski definition) is 3. The first kappa shape index (κ1) is 14.0. The summed E-state index contributed by atoms with van der Waals surface area (Å²) in [6.07, 6.45) is 1.64. The lowest BCUT2D eigenvalue weighted by molar-refractivity contribution is -0.117. The molecule has 0 aliphatic heterocycles. The summed E-state index contributed by atoms with van der Waals surface area (Å²) < 4.78 is 0. The molecule has 0 aliphatic rings. The zero-order valence-corrected chi connectivity index (χ0v) is 11.2. The van der Waals surface area contributed by atoms with Crippen molar-refractivity contribution in [2.75, 3.05) is 5.32 Å². The van der Waals surface area contributed by atoms with Crippen molar-refractivity contribution in [3.8, 4) is 0 Å². The van der Waals surface area contributed by atoms with Crippen LogP contribution in [-0.4, -0.2) is 16.8 Å². The van der Waals surface area contributed by atoms with E-state index in [0.29, 0.717) is 10.7 Å². The van der Waals surface area contributed by atoms with E-state index in [2.05, 4.69) is 10.3 Å². The van der Waals surface area contributed by atoms with Crippen LogP contribution in [0.1, 0.15) is 16.1 Å². The lowest BCUT2D eigenvalue weighted by Crippen LogP contribution is -2.14. The van der Waals surface area contributed by atoms with Gasteiger partial charge in [0.25, 0.3) is 5.91 Å². The summed E-state index contributed by atoms with van der Waals surface area (Å²) in [6.45, 7) is 0. The quantitative estimate of drug-likeness (QED) is 0.903. The van der Waals surface area contributed by atoms with Gasteiger partial charge in [-0.1, -0.05) is 23.7 Å². The number of primary amides is 1. The normalized spacial score (nSPS) is 10.1. The molecule has 0 unspecified atom stereocenters. The summed E-state index contributed by atoms with van der Waals surface area (Å²) in [7, 11) is 0. The molecule has 0 radical (unpaired) electrons. The fourth-order valence-corrected chi connectivity index (χ4v) is 1.79. The zero-order chi connectivity index (χ0) is 14.5. The van der Waals surface area contributed by atoms with Crippen molar-refractivity contribution in [3.63, 3.8) is 0 Å². The SMILES string of the molecule is NC(=O)Cc1ccc(NC(=O)c2cc(Cl)ccn2)cc1. The second-order valence-corrected chi connectivity index (χ2v) is 4.59. The summed E-state index contributed by atoms with van der Waals surface area (Å²) in [5.41, 5.74) is 6.73. The maximum Gasteiger partial charge on any atom is 0.274 e. The van der Waals surface area contributed by atoms with E-state index >= 15 is 0 Å². The second kappa shape index (κ2) is 6.16. The smallest absolute Gasteiger partial charge is 0.274 e. The van der Waals surface area contributed by atoms with Crippen LogP contribution in [-0.2, 0) is 11.2 Å². The number of anilines is 1. The third-order valence-electron chi connectivity index (χ3n) is 2.54. The van der Waals surface area contributed by atoms with Gasteiger partial charge in [-0.05, 0) is 29.8 Å². The zero-order valence-electron chi connectivity index (χ0n) is 10.5. The third kappa shape index (κ3) is 3.80. The molecule has 0 saturated heterocycles. The van der Waals surface area contributed by atoms with Gasteiger partial charge in [-0.15, -0.1) is 0 Å². The topological polar surface area (TPSA) is 85.1 Å². The van der Waals surface area contributed by atoms with Crippen molar-refractivity contribution < 1.29 is 9.59 Å². The summed E-state index contributed by atoms with van der Waals surface area (Å²) in [5.74, 6) is -0.750. The molecule has 102 valence electrons. The number of amides is 2. The number of benzene rings is 1. The van der Waals surface area contributed by atoms with Gasteiger partial charge in [0.1, 0.15) is 5.69 Å². The largest absolute Gasteiger partial charge is 0.369 e. The molecule has 0 bridgehead atoms. The number of carbonyl (C=O) groups excluding carboxylic acids is 2. The monoisotopic (exact) mass is 289 g/mol. The van der Waals surface area contributed by atoms with E-state index in [9.17, 15) is 9.59 Å². The number of nitrogens with zero attached hydrogens (tertiary/aromatic N) is 1. The molecular weight excluding hydrogens is 278 g/mol. The van der Waals surface area contributed by atoms with E-state index in [0.717, 1.165) is 5.56 Å². The summed E-state index contributed by atoms with van der Waals surface area (Å²) >= 11 is 5.80. The molecule has 1 heterocycles. The van der Waals surface area contributed by atoms with E-state index < -0.39 is 5.91 Å². The predicted molar refractivity (Wildman–Crippen MR) is 76.5 cm³/mol. The standard InChI is InChI=1S/C14H12ClN3O2/c15-10-5-6-17-12(8-10)14(20)18-11-3-1-9(2-4-11)7-13(16)19/h1-6,8H,7H2,(H2,16,19)(H,18,20). The first-order valence-corrected chi connectivity index (χ1v) is 6.22. The molecule has 0 atom stereocenters. The molecule has 2 amide bonds. The Bertz CT molecular complexity index is 641. The van der Waals surface area contributed by atoms with E-state index in [1.165, 1.54) is 12.3 Å². The Morgan fingerprint density at radius 1 is 1.20 bits per heavy atom. The van der Waals surface area contributed by atoms with Crippen molar-refractivity contribution in [2.24, 2.45) is 5.73 Å². The van der Waals surface area contributed by atoms with Gasteiger partial charge in [0.15, 0.2) is 0 Å². The van der Waals surface area contributed by atoms with E-state index in [-0.39, 0.29) is 18.0 Å². The molecular formula is C14H12ClN3O2. The maximum atomic E-state index is 11.9. The average Bonchev–Trinajstić information content (AvgIpc) is 2.40. The highest BCUT2D eigenvalue weighted by Crippen LogP contribution is 2.13. The fourth-order valence-electron chi connectivity index (χ4n) is 1.63. The van der Waals surface area contributed by atoms with Gasteiger partial charge in [0, 0.05) is 16.9 Å². The Labute approximate surface area is 120 Å². The Morgan fingerprint density at radius 2 is 1.90 bits per heavy atom. The highest BCUT2D eigenvalue weighted by atomic mass is 35.5. The first-order chi connectivity index (χ1) is 9.54. The lowest BCUT2D eigenvalue weighted by atomic mass is 10.1.